The van der Waals surface area contributed by atoms with Crippen LogP contribution in [0.4, 0.5) is 0 Å². The Morgan fingerprint density at radius 3 is 2.42 bits per heavy atom. The van der Waals surface area contributed by atoms with Gasteiger partial charge in [-0.3, -0.25) is 0 Å². The van der Waals surface area contributed by atoms with E-state index in [4.69, 9.17) is 23.8 Å². The summed E-state index contributed by atoms with van der Waals surface area (Å²) in [6.07, 6.45) is 22.9. The summed E-state index contributed by atoms with van der Waals surface area (Å²) >= 11 is 0. The van der Waals surface area contributed by atoms with Crippen molar-refractivity contribution in [1.82, 2.24) is 15.0 Å². The van der Waals surface area contributed by atoms with E-state index in [1.807, 2.05) is 48.6 Å². The van der Waals surface area contributed by atoms with Crippen LogP contribution < -0.4 is 0 Å². The molecule has 218 valence electrons. The molecule has 0 spiro atoms. The average molecular weight is 586 g/mol. The number of benzene rings is 3. The molecule has 5 nitrogen and oxygen atoms in total. The van der Waals surface area contributed by atoms with Crippen molar-refractivity contribution in [1.29, 1.82) is 0 Å². The van der Waals surface area contributed by atoms with Crippen molar-refractivity contribution in [2.45, 2.75) is 32.1 Å². The number of fused-ring (bicyclic) bond motifs is 6. The molecule has 0 unspecified atom stereocenters. The standard InChI is InChI=1S/C40H31N3O2/c1-2-3-4-5-9-23-36-41-39(26-15-7-6-8-16-26)43-40(42-36)32-24-27(25-35-37(32)31-18-11-13-22-34(31)44-35)28-19-14-20-30-29-17-10-12-21-33(29)45-38(28)30/h2-5,7,9-13,15-19,21-22,24-25H,1,6,8,14,20,23H2/b4-3-,9-5-. The number of hydrogen-bond donors (Lipinski definition) is 0. The van der Waals surface area contributed by atoms with Gasteiger partial charge in [0.25, 0.3) is 0 Å². The van der Waals surface area contributed by atoms with Crippen LogP contribution in [-0.4, -0.2) is 15.0 Å². The fourth-order valence-electron chi connectivity index (χ4n) is 6.39. The van der Waals surface area contributed by atoms with Crippen molar-refractivity contribution in [3.8, 4) is 11.4 Å². The second kappa shape index (κ2) is 11.5. The van der Waals surface area contributed by atoms with Crippen molar-refractivity contribution < 1.29 is 8.83 Å². The molecule has 0 saturated carbocycles. The number of para-hydroxylation sites is 2. The van der Waals surface area contributed by atoms with E-state index in [1.54, 1.807) is 6.08 Å². The Morgan fingerprint density at radius 2 is 1.58 bits per heavy atom. The number of aryl methyl sites for hydroxylation is 1. The molecule has 0 atom stereocenters. The van der Waals surface area contributed by atoms with E-state index in [-0.39, 0.29) is 0 Å². The van der Waals surface area contributed by atoms with Crippen LogP contribution in [0.15, 0.2) is 131 Å². The normalized spacial score (nSPS) is 14.9. The number of nitrogens with zero attached hydrogens (tertiary/aromatic N) is 3. The SMILES string of the molecule is C=C/C=C\C=C/Cc1nc(C2=CCCC=C2)nc(-c2cc(C3=CCCc4c3oc3ccccc43)cc3oc4ccccc4c23)n1. The quantitative estimate of drug-likeness (QED) is 0.174. The lowest BCUT2D eigenvalue weighted by Gasteiger charge is -2.15. The van der Waals surface area contributed by atoms with Gasteiger partial charge in [0.05, 0.1) is 0 Å². The third-order valence-electron chi connectivity index (χ3n) is 8.45. The molecule has 0 N–H and O–H groups in total. The highest BCUT2D eigenvalue weighted by Crippen LogP contribution is 2.43. The molecule has 45 heavy (non-hydrogen) atoms. The minimum atomic E-state index is 0.573. The maximum absolute atomic E-state index is 6.49. The number of allylic oxidation sites excluding steroid dienone is 10. The minimum absolute atomic E-state index is 0.573. The van der Waals surface area contributed by atoms with Gasteiger partial charge < -0.3 is 8.83 Å². The molecule has 3 heterocycles. The molecule has 3 aromatic heterocycles. The van der Waals surface area contributed by atoms with Gasteiger partial charge >= 0.3 is 0 Å². The maximum atomic E-state index is 6.49. The van der Waals surface area contributed by atoms with E-state index in [9.17, 15) is 0 Å². The Labute approximate surface area is 261 Å². The largest absolute Gasteiger partial charge is 0.456 e. The first-order valence-corrected chi connectivity index (χ1v) is 15.5. The van der Waals surface area contributed by atoms with E-state index in [0.717, 1.165) is 81.2 Å². The zero-order chi connectivity index (χ0) is 30.2. The molecular formula is C40H31N3O2. The van der Waals surface area contributed by atoms with Gasteiger partial charge in [-0.05, 0) is 55.5 Å². The fraction of sp³-hybridized carbons (Fsp3) is 0.125. The van der Waals surface area contributed by atoms with Crippen LogP contribution in [0.5, 0.6) is 0 Å². The topological polar surface area (TPSA) is 65.0 Å². The van der Waals surface area contributed by atoms with Gasteiger partial charge in [0.1, 0.15) is 28.3 Å². The summed E-state index contributed by atoms with van der Waals surface area (Å²) in [5.74, 6) is 2.95. The van der Waals surface area contributed by atoms with E-state index >= 15 is 0 Å². The molecule has 6 aromatic rings. The lowest BCUT2D eigenvalue weighted by atomic mass is 9.89. The third-order valence-corrected chi connectivity index (χ3v) is 8.45. The predicted octanol–water partition coefficient (Wildman–Crippen LogP) is 10.1. The molecule has 8 rings (SSSR count). The van der Waals surface area contributed by atoms with Gasteiger partial charge in [-0.1, -0.05) is 97.7 Å². The summed E-state index contributed by atoms with van der Waals surface area (Å²) < 4.78 is 13.0. The second-order valence-electron chi connectivity index (χ2n) is 11.3. The third kappa shape index (κ3) is 4.96. The number of rotatable bonds is 7. The fourth-order valence-corrected chi connectivity index (χ4v) is 6.39. The highest BCUT2D eigenvalue weighted by atomic mass is 16.3. The van der Waals surface area contributed by atoms with E-state index in [1.165, 1.54) is 10.9 Å². The van der Waals surface area contributed by atoms with E-state index in [2.05, 4.69) is 67.3 Å². The van der Waals surface area contributed by atoms with Crippen LogP contribution in [0.25, 0.3) is 55.4 Å². The summed E-state index contributed by atoms with van der Waals surface area (Å²) in [6, 6.07) is 20.8. The zero-order valence-electron chi connectivity index (χ0n) is 24.9. The van der Waals surface area contributed by atoms with Gasteiger partial charge in [-0.2, -0.15) is 0 Å². The molecule has 0 fully saturated rings. The molecule has 3 aromatic carbocycles. The first-order chi connectivity index (χ1) is 22.3. The summed E-state index contributed by atoms with van der Waals surface area (Å²) in [4.78, 5) is 15.1. The highest BCUT2D eigenvalue weighted by molar-refractivity contribution is 6.13. The molecular weight excluding hydrogens is 554 g/mol. The van der Waals surface area contributed by atoms with Crippen molar-refractivity contribution >= 4 is 44.1 Å². The predicted molar refractivity (Wildman–Crippen MR) is 183 cm³/mol. The second-order valence-corrected chi connectivity index (χ2v) is 11.3. The number of aromatic nitrogens is 3. The van der Waals surface area contributed by atoms with Crippen LogP contribution in [0, 0.1) is 0 Å². The van der Waals surface area contributed by atoms with Crippen molar-refractivity contribution in [2.75, 3.05) is 0 Å². The molecule has 2 aliphatic carbocycles. The zero-order valence-corrected chi connectivity index (χ0v) is 24.9. The summed E-state index contributed by atoms with van der Waals surface area (Å²) in [7, 11) is 0. The van der Waals surface area contributed by atoms with Crippen molar-refractivity contribution in [2.24, 2.45) is 0 Å². The monoisotopic (exact) mass is 585 g/mol. The van der Waals surface area contributed by atoms with Gasteiger partial charge in [0, 0.05) is 44.9 Å². The molecule has 2 aliphatic rings. The molecule has 0 aliphatic heterocycles. The Bertz CT molecular complexity index is 2270. The van der Waals surface area contributed by atoms with Crippen LogP contribution in [-0.2, 0) is 12.8 Å². The Balaban J connectivity index is 1.35. The van der Waals surface area contributed by atoms with Crippen LogP contribution in [0.3, 0.4) is 0 Å². The average Bonchev–Trinajstić information content (AvgIpc) is 3.66. The first kappa shape index (κ1) is 27.0. The Hall–Kier alpha value is -5.55. The van der Waals surface area contributed by atoms with Gasteiger partial charge in [0.2, 0.25) is 0 Å². The number of furan rings is 2. The van der Waals surface area contributed by atoms with Crippen LogP contribution in [0.2, 0.25) is 0 Å². The van der Waals surface area contributed by atoms with Gasteiger partial charge in [0.15, 0.2) is 11.6 Å². The van der Waals surface area contributed by atoms with Crippen molar-refractivity contribution in [3.05, 3.63) is 150 Å². The summed E-state index contributed by atoms with van der Waals surface area (Å²) in [5, 5.41) is 3.21. The molecule has 5 heteroatoms. The molecule has 0 bridgehead atoms. The van der Waals surface area contributed by atoms with E-state index in [0.29, 0.717) is 23.9 Å². The Morgan fingerprint density at radius 1 is 0.756 bits per heavy atom. The lowest BCUT2D eigenvalue weighted by molar-refractivity contribution is 0.591. The van der Waals surface area contributed by atoms with E-state index < -0.39 is 0 Å². The van der Waals surface area contributed by atoms with Gasteiger partial charge in [-0.15, -0.1) is 0 Å². The molecule has 0 saturated heterocycles. The maximum Gasteiger partial charge on any atom is 0.164 e. The van der Waals surface area contributed by atoms with Crippen LogP contribution >= 0.6 is 0 Å². The smallest absolute Gasteiger partial charge is 0.164 e. The number of hydrogen-bond acceptors (Lipinski definition) is 5. The van der Waals surface area contributed by atoms with Crippen LogP contribution in [0.1, 0.15) is 47.8 Å². The molecule has 0 radical (unpaired) electrons. The van der Waals surface area contributed by atoms with Crippen molar-refractivity contribution in [3.63, 3.8) is 0 Å². The highest BCUT2D eigenvalue weighted by Gasteiger charge is 2.25. The molecule has 0 amide bonds. The minimum Gasteiger partial charge on any atom is -0.456 e. The lowest BCUT2D eigenvalue weighted by Crippen LogP contribution is -2.06. The first-order valence-electron chi connectivity index (χ1n) is 15.5. The summed E-state index contributed by atoms with van der Waals surface area (Å²) in [5.41, 5.74) is 7.82. The van der Waals surface area contributed by atoms with Gasteiger partial charge in [-0.25, -0.2) is 15.0 Å². The Kier molecular flexibility index (Phi) is 6.91. The summed E-state index contributed by atoms with van der Waals surface area (Å²) in [6.45, 7) is 3.75.